The van der Waals surface area contributed by atoms with Gasteiger partial charge >= 0.3 is 11.7 Å². The number of nitro benzene ring substituents is 1. The molecule has 0 aromatic heterocycles. The summed E-state index contributed by atoms with van der Waals surface area (Å²) in [7, 11) is -4.29. The molecule has 0 heterocycles. The second kappa shape index (κ2) is 5.90. The number of nitrogens with one attached hydrogen (secondary N) is 1. The van der Waals surface area contributed by atoms with E-state index in [4.69, 9.17) is 10.2 Å². The van der Waals surface area contributed by atoms with Crippen LogP contribution >= 0.6 is 0 Å². The summed E-state index contributed by atoms with van der Waals surface area (Å²) < 4.78 is 38.3. The third kappa shape index (κ3) is 3.69. The Balaban J connectivity index is 2.96. The van der Waals surface area contributed by atoms with Gasteiger partial charge in [-0.3, -0.25) is 10.1 Å². The lowest BCUT2D eigenvalue weighted by Crippen LogP contribution is -2.36. The van der Waals surface area contributed by atoms with E-state index < -0.39 is 50.0 Å². The fourth-order valence-electron chi connectivity index (χ4n) is 1.16. The van der Waals surface area contributed by atoms with Gasteiger partial charge in [0.1, 0.15) is 0 Å². The number of carboxylic acid groups (broad SMARTS) is 1. The molecule has 0 saturated carbocycles. The molecule has 1 unspecified atom stereocenters. The number of hydrogen-bond acceptors (Lipinski definition) is 6. The number of aliphatic carboxylic acids is 1. The Morgan fingerprint density at radius 1 is 1.50 bits per heavy atom. The highest BCUT2D eigenvalue weighted by Crippen LogP contribution is 2.20. The van der Waals surface area contributed by atoms with Gasteiger partial charge in [0.2, 0.25) is 15.8 Å². The van der Waals surface area contributed by atoms with Crippen molar-refractivity contribution in [3.8, 4) is 0 Å². The number of benzene rings is 1. The van der Waals surface area contributed by atoms with Gasteiger partial charge in [0.15, 0.2) is 6.10 Å². The zero-order valence-electron chi connectivity index (χ0n) is 9.69. The standard InChI is InChI=1S/C9H9FN2O7S/c10-6-3-5(1-2-7(6)12(16)17)20(18,19)11-4-8(13)9(14)15/h1-3,8,11,13H,4H2,(H,14,15). The van der Waals surface area contributed by atoms with Crippen LogP contribution in [0.2, 0.25) is 0 Å². The highest BCUT2D eigenvalue weighted by atomic mass is 32.2. The third-order valence-corrected chi connectivity index (χ3v) is 3.60. The molecule has 0 fully saturated rings. The van der Waals surface area contributed by atoms with Crippen LogP contribution in [0.25, 0.3) is 0 Å². The summed E-state index contributed by atoms with van der Waals surface area (Å²) in [6, 6.07) is 1.88. The van der Waals surface area contributed by atoms with Crippen LogP contribution in [0.5, 0.6) is 0 Å². The highest BCUT2D eigenvalue weighted by Gasteiger charge is 2.22. The van der Waals surface area contributed by atoms with Gasteiger partial charge in [-0.05, 0) is 6.07 Å². The van der Waals surface area contributed by atoms with Crippen molar-refractivity contribution >= 4 is 21.7 Å². The van der Waals surface area contributed by atoms with E-state index in [9.17, 15) is 27.7 Å². The van der Waals surface area contributed by atoms with Crippen LogP contribution in [-0.4, -0.2) is 42.2 Å². The van der Waals surface area contributed by atoms with Crippen molar-refractivity contribution in [3.05, 3.63) is 34.1 Å². The largest absolute Gasteiger partial charge is 0.479 e. The van der Waals surface area contributed by atoms with Gasteiger partial charge in [-0.15, -0.1) is 0 Å². The minimum atomic E-state index is -4.29. The Morgan fingerprint density at radius 2 is 2.10 bits per heavy atom. The predicted octanol–water partition coefficient (Wildman–Crippen LogP) is -0.542. The fraction of sp³-hybridized carbons (Fsp3) is 0.222. The lowest BCUT2D eigenvalue weighted by atomic mass is 10.3. The number of nitro groups is 1. The predicted molar refractivity (Wildman–Crippen MR) is 61.9 cm³/mol. The van der Waals surface area contributed by atoms with Crippen molar-refractivity contribution in [3.63, 3.8) is 0 Å². The summed E-state index contributed by atoms with van der Waals surface area (Å²) in [4.78, 5) is 19.0. The molecular formula is C9H9FN2O7S. The summed E-state index contributed by atoms with van der Waals surface area (Å²) in [5.74, 6) is -2.99. The summed E-state index contributed by atoms with van der Waals surface area (Å²) in [6.07, 6.45) is -1.97. The SMILES string of the molecule is O=C(O)C(O)CNS(=O)(=O)c1ccc([N+](=O)[O-])c(F)c1. The Kier molecular flexibility index (Phi) is 4.70. The van der Waals surface area contributed by atoms with E-state index >= 15 is 0 Å². The molecule has 0 aliphatic carbocycles. The second-order valence-corrected chi connectivity index (χ2v) is 5.34. The molecule has 1 aromatic carbocycles. The van der Waals surface area contributed by atoms with Crippen LogP contribution in [0, 0.1) is 15.9 Å². The maximum atomic E-state index is 13.3. The number of sulfonamides is 1. The van der Waals surface area contributed by atoms with E-state index in [1.54, 1.807) is 4.72 Å². The molecule has 0 saturated heterocycles. The molecule has 0 aliphatic rings. The molecule has 1 aromatic rings. The topological polar surface area (TPSA) is 147 Å². The van der Waals surface area contributed by atoms with E-state index in [0.717, 1.165) is 6.07 Å². The van der Waals surface area contributed by atoms with Crippen LogP contribution in [0.3, 0.4) is 0 Å². The molecular weight excluding hydrogens is 299 g/mol. The van der Waals surface area contributed by atoms with Crippen molar-refractivity contribution < 1.29 is 32.7 Å². The molecule has 0 bridgehead atoms. The average molecular weight is 308 g/mol. The summed E-state index contributed by atoms with van der Waals surface area (Å²) in [5.41, 5.74) is -0.894. The molecule has 20 heavy (non-hydrogen) atoms. The van der Waals surface area contributed by atoms with Crippen molar-refractivity contribution in [2.45, 2.75) is 11.0 Å². The summed E-state index contributed by atoms with van der Waals surface area (Å²) in [6.45, 7) is -0.823. The van der Waals surface area contributed by atoms with Gasteiger partial charge in [0, 0.05) is 18.7 Å². The van der Waals surface area contributed by atoms with E-state index in [1.807, 2.05) is 0 Å². The second-order valence-electron chi connectivity index (χ2n) is 3.58. The quantitative estimate of drug-likeness (QED) is 0.472. The Hall–Kier alpha value is -2.11. The first-order valence-corrected chi connectivity index (χ1v) is 6.48. The summed E-state index contributed by atoms with van der Waals surface area (Å²) in [5, 5.41) is 27.7. The average Bonchev–Trinajstić information content (AvgIpc) is 2.35. The lowest BCUT2D eigenvalue weighted by molar-refractivity contribution is -0.387. The van der Waals surface area contributed by atoms with Gasteiger partial charge in [0.25, 0.3) is 0 Å². The van der Waals surface area contributed by atoms with Crippen molar-refractivity contribution in [2.75, 3.05) is 6.54 Å². The van der Waals surface area contributed by atoms with Gasteiger partial charge in [-0.25, -0.2) is 17.9 Å². The van der Waals surface area contributed by atoms with E-state index in [1.165, 1.54) is 0 Å². The van der Waals surface area contributed by atoms with Crippen LogP contribution in [0.15, 0.2) is 23.1 Å². The normalized spacial score (nSPS) is 12.9. The number of aliphatic hydroxyl groups is 1. The lowest BCUT2D eigenvalue weighted by Gasteiger charge is -2.08. The molecule has 1 rings (SSSR count). The number of carboxylic acids is 1. The number of halogens is 1. The third-order valence-electron chi connectivity index (χ3n) is 2.18. The Labute approximate surface area is 111 Å². The number of aliphatic hydroxyl groups excluding tert-OH is 1. The van der Waals surface area contributed by atoms with Gasteiger partial charge in [0.05, 0.1) is 9.82 Å². The van der Waals surface area contributed by atoms with E-state index in [-0.39, 0.29) is 0 Å². The maximum absolute atomic E-state index is 13.3. The number of carbonyl (C=O) groups is 1. The Morgan fingerprint density at radius 3 is 2.55 bits per heavy atom. The Bertz CT molecular complexity index is 646. The minimum absolute atomic E-state index is 0.424. The van der Waals surface area contributed by atoms with E-state index in [0.29, 0.717) is 12.1 Å². The molecule has 0 aliphatic heterocycles. The fourth-order valence-corrected chi connectivity index (χ4v) is 2.21. The monoisotopic (exact) mass is 308 g/mol. The molecule has 0 amide bonds. The van der Waals surface area contributed by atoms with Crippen molar-refractivity contribution in [2.24, 2.45) is 0 Å². The smallest absolute Gasteiger partial charge is 0.333 e. The van der Waals surface area contributed by atoms with Gasteiger partial charge in [-0.1, -0.05) is 0 Å². The zero-order chi connectivity index (χ0) is 15.5. The number of nitrogens with zero attached hydrogens (tertiary/aromatic N) is 1. The first-order chi connectivity index (χ1) is 9.15. The molecule has 0 radical (unpaired) electrons. The molecule has 11 heteroatoms. The highest BCUT2D eigenvalue weighted by molar-refractivity contribution is 7.89. The molecule has 9 nitrogen and oxygen atoms in total. The zero-order valence-corrected chi connectivity index (χ0v) is 10.5. The van der Waals surface area contributed by atoms with E-state index in [2.05, 4.69) is 0 Å². The van der Waals surface area contributed by atoms with Gasteiger partial charge < -0.3 is 10.2 Å². The van der Waals surface area contributed by atoms with Crippen LogP contribution in [-0.2, 0) is 14.8 Å². The maximum Gasteiger partial charge on any atom is 0.333 e. The molecule has 0 spiro atoms. The van der Waals surface area contributed by atoms with Crippen LogP contribution in [0.4, 0.5) is 10.1 Å². The molecule has 3 N–H and O–H groups in total. The van der Waals surface area contributed by atoms with Crippen LogP contribution in [0.1, 0.15) is 0 Å². The van der Waals surface area contributed by atoms with Crippen molar-refractivity contribution in [1.29, 1.82) is 0 Å². The number of hydrogen-bond donors (Lipinski definition) is 3. The van der Waals surface area contributed by atoms with Crippen molar-refractivity contribution in [1.82, 2.24) is 4.72 Å². The van der Waals surface area contributed by atoms with Gasteiger partial charge in [-0.2, -0.15) is 4.39 Å². The molecule has 110 valence electrons. The number of rotatable bonds is 6. The minimum Gasteiger partial charge on any atom is -0.479 e. The van der Waals surface area contributed by atoms with Crippen LogP contribution < -0.4 is 4.72 Å². The first-order valence-electron chi connectivity index (χ1n) is 4.99. The summed E-state index contributed by atoms with van der Waals surface area (Å²) >= 11 is 0. The first kappa shape index (κ1) is 15.9. The molecule has 1 atom stereocenters.